The van der Waals surface area contributed by atoms with Crippen LogP contribution in [0.2, 0.25) is 5.02 Å². The fourth-order valence-corrected chi connectivity index (χ4v) is 1.71. The number of rotatable bonds is 1. The van der Waals surface area contributed by atoms with Gasteiger partial charge in [-0.1, -0.05) is 17.7 Å². The normalized spacial score (nSPS) is 17.8. The first-order valence-electron chi connectivity index (χ1n) is 3.87. The minimum atomic E-state index is -0.484. The number of nitrogens with two attached hydrogens (primary N) is 1. The van der Waals surface area contributed by atoms with E-state index in [1.807, 2.05) is 0 Å². The van der Waals surface area contributed by atoms with Crippen LogP contribution in [-0.4, -0.2) is 0 Å². The minimum Gasteiger partial charge on any atom is -0.321 e. The Morgan fingerprint density at radius 3 is 2.46 bits per heavy atom. The molecule has 2 N–H and O–H groups in total. The van der Waals surface area contributed by atoms with Crippen molar-refractivity contribution in [3.8, 4) is 0 Å². The third kappa shape index (κ3) is 1.80. The second-order valence-corrected chi connectivity index (χ2v) is 3.66. The summed E-state index contributed by atoms with van der Waals surface area (Å²) >= 11 is 5.83. The van der Waals surface area contributed by atoms with Gasteiger partial charge in [-0.25, -0.2) is 4.39 Å². The Hall–Kier alpha value is -0.310. The maximum Gasteiger partial charge on any atom is 0.129 e. The summed E-state index contributed by atoms with van der Waals surface area (Å²) in [5.74, 6) is -0.289. The average molecular weight is 222 g/mol. The highest BCUT2D eigenvalue weighted by molar-refractivity contribution is 6.31. The molecule has 1 aliphatic carbocycles. The Morgan fingerprint density at radius 2 is 2.00 bits per heavy atom. The summed E-state index contributed by atoms with van der Waals surface area (Å²) in [6.07, 6.45) is 1.65. The lowest BCUT2D eigenvalue weighted by Crippen LogP contribution is -2.20. The van der Waals surface area contributed by atoms with E-state index in [4.69, 9.17) is 17.3 Å². The van der Waals surface area contributed by atoms with E-state index in [2.05, 4.69) is 0 Å². The predicted octanol–water partition coefficient (Wildman–Crippen LogP) is 2.85. The maximum absolute atomic E-state index is 13.2. The quantitative estimate of drug-likeness (QED) is 0.776. The summed E-state index contributed by atoms with van der Waals surface area (Å²) in [5, 5.41) is 0.440. The number of hydrogen-bond acceptors (Lipinski definition) is 1. The lowest BCUT2D eigenvalue weighted by molar-refractivity contribution is 0.578. The van der Waals surface area contributed by atoms with Crippen molar-refractivity contribution >= 4 is 24.0 Å². The van der Waals surface area contributed by atoms with E-state index in [1.54, 1.807) is 12.1 Å². The van der Waals surface area contributed by atoms with E-state index in [-0.39, 0.29) is 18.2 Å². The molecule has 0 heterocycles. The molecule has 1 aromatic rings. The molecule has 1 fully saturated rings. The van der Waals surface area contributed by atoms with Crippen molar-refractivity contribution < 1.29 is 4.39 Å². The molecule has 0 spiro atoms. The molecule has 0 radical (unpaired) electrons. The van der Waals surface area contributed by atoms with E-state index < -0.39 is 5.54 Å². The topological polar surface area (TPSA) is 26.0 Å². The fraction of sp³-hybridized carbons (Fsp3) is 0.333. The predicted molar refractivity (Wildman–Crippen MR) is 53.8 cm³/mol. The molecule has 4 heteroatoms. The first-order chi connectivity index (χ1) is 5.63. The molecular weight excluding hydrogens is 212 g/mol. The lowest BCUT2D eigenvalue weighted by atomic mass is 10.1. The van der Waals surface area contributed by atoms with Crippen LogP contribution < -0.4 is 5.73 Å². The van der Waals surface area contributed by atoms with Crippen LogP contribution >= 0.6 is 24.0 Å². The summed E-state index contributed by atoms with van der Waals surface area (Å²) < 4.78 is 13.2. The maximum atomic E-state index is 13.2. The van der Waals surface area contributed by atoms with Gasteiger partial charge in [0.05, 0.1) is 0 Å². The molecule has 1 aliphatic rings. The van der Waals surface area contributed by atoms with E-state index in [0.717, 1.165) is 12.8 Å². The molecular formula is C9H10Cl2FN. The van der Waals surface area contributed by atoms with Crippen molar-refractivity contribution in [3.63, 3.8) is 0 Å². The summed E-state index contributed by atoms with van der Waals surface area (Å²) in [7, 11) is 0. The molecule has 0 aliphatic heterocycles. The van der Waals surface area contributed by atoms with Crippen LogP contribution in [0.25, 0.3) is 0 Å². The molecule has 0 unspecified atom stereocenters. The van der Waals surface area contributed by atoms with Crippen LogP contribution in [0, 0.1) is 5.82 Å². The number of hydrogen-bond donors (Lipinski definition) is 1. The first-order valence-corrected chi connectivity index (χ1v) is 4.25. The van der Waals surface area contributed by atoms with Crippen LogP contribution in [0.3, 0.4) is 0 Å². The summed E-state index contributed by atoms with van der Waals surface area (Å²) in [5.41, 5.74) is 5.84. The van der Waals surface area contributed by atoms with Gasteiger partial charge < -0.3 is 5.73 Å². The molecule has 2 rings (SSSR count). The van der Waals surface area contributed by atoms with E-state index >= 15 is 0 Å². The third-order valence-electron chi connectivity index (χ3n) is 2.25. The van der Waals surface area contributed by atoms with Gasteiger partial charge in [-0.3, -0.25) is 0 Å². The van der Waals surface area contributed by atoms with Crippen molar-refractivity contribution in [2.45, 2.75) is 18.4 Å². The van der Waals surface area contributed by atoms with Gasteiger partial charge in [0.2, 0.25) is 0 Å². The number of benzene rings is 1. The van der Waals surface area contributed by atoms with Gasteiger partial charge in [-0.05, 0) is 25.0 Å². The van der Waals surface area contributed by atoms with Crippen molar-refractivity contribution in [2.75, 3.05) is 0 Å². The molecule has 13 heavy (non-hydrogen) atoms. The monoisotopic (exact) mass is 221 g/mol. The Balaban J connectivity index is 0.000000845. The SMILES string of the molecule is Cl.NC1(c2c(F)cccc2Cl)CC1. The molecule has 1 nitrogen and oxygen atoms in total. The number of halogens is 3. The second kappa shape index (κ2) is 3.45. The van der Waals surface area contributed by atoms with Crippen LogP contribution in [0.15, 0.2) is 18.2 Å². The Bertz CT molecular complexity index is 303. The highest BCUT2D eigenvalue weighted by Gasteiger charge is 2.43. The first kappa shape index (κ1) is 10.8. The molecule has 0 amide bonds. The van der Waals surface area contributed by atoms with Crippen LogP contribution in [0.1, 0.15) is 18.4 Å². The summed E-state index contributed by atoms with van der Waals surface area (Å²) in [6.45, 7) is 0. The van der Waals surface area contributed by atoms with Crippen LogP contribution in [-0.2, 0) is 5.54 Å². The minimum absolute atomic E-state index is 0. The molecule has 72 valence electrons. The van der Waals surface area contributed by atoms with Crippen LogP contribution in [0.5, 0.6) is 0 Å². The van der Waals surface area contributed by atoms with Gasteiger partial charge in [0, 0.05) is 16.1 Å². The van der Waals surface area contributed by atoms with Crippen molar-refractivity contribution in [1.82, 2.24) is 0 Å². The van der Waals surface area contributed by atoms with Gasteiger partial charge in [0.15, 0.2) is 0 Å². The van der Waals surface area contributed by atoms with Gasteiger partial charge in [0.25, 0.3) is 0 Å². The summed E-state index contributed by atoms with van der Waals surface area (Å²) in [4.78, 5) is 0. The molecule has 1 aromatic carbocycles. The van der Waals surface area contributed by atoms with Crippen molar-refractivity contribution in [3.05, 3.63) is 34.6 Å². The molecule has 0 saturated heterocycles. The molecule has 0 aromatic heterocycles. The Morgan fingerprint density at radius 1 is 1.38 bits per heavy atom. The van der Waals surface area contributed by atoms with E-state index in [9.17, 15) is 4.39 Å². The zero-order chi connectivity index (χ0) is 8.77. The molecule has 0 bridgehead atoms. The molecule has 1 saturated carbocycles. The lowest BCUT2D eigenvalue weighted by Gasteiger charge is -2.11. The largest absolute Gasteiger partial charge is 0.321 e. The third-order valence-corrected chi connectivity index (χ3v) is 2.56. The Kier molecular flexibility index (Phi) is 2.85. The smallest absolute Gasteiger partial charge is 0.129 e. The van der Waals surface area contributed by atoms with Crippen LogP contribution in [0.4, 0.5) is 4.39 Å². The van der Waals surface area contributed by atoms with Crippen molar-refractivity contribution in [2.24, 2.45) is 5.73 Å². The highest BCUT2D eigenvalue weighted by atomic mass is 35.5. The fourth-order valence-electron chi connectivity index (χ4n) is 1.36. The zero-order valence-electron chi connectivity index (χ0n) is 6.89. The van der Waals surface area contributed by atoms with Gasteiger partial charge >= 0.3 is 0 Å². The highest BCUT2D eigenvalue weighted by Crippen LogP contribution is 2.46. The summed E-state index contributed by atoms with van der Waals surface area (Å²) in [6, 6.07) is 4.66. The molecule has 0 atom stereocenters. The van der Waals surface area contributed by atoms with Crippen molar-refractivity contribution in [1.29, 1.82) is 0 Å². The van der Waals surface area contributed by atoms with Gasteiger partial charge in [-0.2, -0.15) is 0 Å². The van der Waals surface area contributed by atoms with Gasteiger partial charge in [-0.15, -0.1) is 12.4 Å². The van der Waals surface area contributed by atoms with E-state index in [0.29, 0.717) is 10.6 Å². The van der Waals surface area contributed by atoms with E-state index in [1.165, 1.54) is 6.07 Å². The zero-order valence-corrected chi connectivity index (χ0v) is 8.46. The van der Waals surface area contributed by atoms with Gasteiger partial charge in [0.1, 0.15) is 5.82 Å². The Labute approximate surface area is 87.5 Å². The average Bonchev–Trinajstić information content (AvgIpc) is 2.68. The second-order valence-electron chi connectivity index (χ2n) is 3.25. The standard InChI is InChI=1S/C9H9ClFN.ClH/c10-6-2-1-3-7(11)8(6)9(12)4-5-9;/h1-3H,4-5,12H2;1H.